The van der Waals surface area contributed by atoms with Crippen molar-refractivity contribution in [3.63, 3.8) is 0 Å². The van der Waals surface area contributed by atoms with Gasteiger partial charge in [0.2, 0.25) is 0 Å². The summed E-state index contributed by atoms with van der Waals surface area (Å²) >= 11 is 0. The van der Waals surface area contributed by atoms with Crippen LogP contribution in [0, 0.1) is 0 Å². The fourth-order valence-corrected chi connectivity index (χ4v) is 8.25. The molecule has 9 aromatic carbocycles. The lowest BCUT2D eigenvalue weighted by Gasteiger charge is -2.30. The van der Waals surface area contributed by atoms with Gasteiger partial charge in [-0.2, -0.15) is 0 Å². The van der Waals surface area contributed by atoms with E-state index in [1.807, 2.05) is 0 Å². The van der Waals surface area contributed by atoms with Crippen molar-refractivity contribution < 1.29 is 0 Å². The Balaban J connectivity index is 1.18. The van der Waals surface area contributed by atoms with E-state index in [0.29, 0.717) is 0 Å². The molecule has 0 aliphatic heterocycles. The van der Waals surface area contributed by atoms with Crippen LogP contribution in [0.15, 0.2) is 231 Å². The van der Waals surface area contributed by atoms with Crippen molar-refractivity contribution in [1.82, 2.24) is 4.57 Å². The van der Waals surface area contributed by atoms with Gasteiger partial charge < -0.3 is 9.47 Å². The summed E-state index contributed by atoms with van der Waals surface area (Å²) in [5.41, 5.74) is 16.3. The van der Waals surface area contributed by atoms with Crippen molar-refractivity contribution in [1.29, 1.82) is 0 Å². The van der Waals surface area contributed by atoms with Crippen LogP contribution >= 0.6 is 0 Å². The lowest BCUT2D eigenvalue weighted by atomic mass is 9.95. The van der Waals surface area contributed by atoms with Crippen molar-refractivity contribution >= 4 is 38.9 Å². The molecule has 0 aliphatic carbocycles. The molecule has 0 saturated carbocycles. The molecular formula is C54H38N2. The standard InChI is InChI=1S/C54H38N2/c1-4-18-39(19-5-1)42-22-16-23-43(38-42)40-34-36-45(37-35-40)55(50-30-13-10-26-46(50)41-20-6-2-7-21-41)51-31-14-11-27-47(51)48-29-17-33-53-54(48)49-28-12-15-32-52(49)56(53)44-24-8-3-9-25-44/h1-38H. The first-order valence-electron chi connectivity index (χ1n) is 19.2. The van der Waals surface area contributed by atoms with Crippen molar-refractivity contribution in [2.24, 2.45) is 0 Å². The van der Waals surface area contributed by atoms with Crippen LogP contribution in [0.3, 0.4) is 0 Å². The highest BCUT2D eigenvalue weighted by Crippen LogP contribution is 2.47. The third kappa shape index (κ3) is 5.95. The smallest absolute Gasteiger partial charge is 0.0547 e. The molecule has 10 rings (SSSR count). The van der Waals surface area contributed by atoms with Crippen LogP contribution in [0.4, 0.5) is 17.1 Å². The number of benzene rings is 9. The first kappa shape index (κ1) is 33.2. The second kappa shape index (κ2) is 14.4. The molecule has 0 N–H and O–H groups in total. The van der Waals surface area contributed by atoms with Crippen LogP contribution in [0.2, 0.25) is 0 Å². The third-order valence-electron chi connectivity index (χ3n) is 10.8. The minimum absolute atomic E-state index is 1.09. The summed E-state index contributed by atoms with van der Waals surface area (Å²) in [5, 5.41) is 2.47. The summed E-state index contributed by atoms with van der Waals surface area (Å²) in [7, 11) is 0. The lowest BCUT2D eigenvalue weighted by molar-refractivity contribution is 1.18. The molecule has 0 atom stereocenters. The second-order valence-electron chi connectivity index (χ2n) is 14.1. The van der Waals surface area contributed by atoms with E-state index >= 15 is 0 Å². The van der Waals surface area contributed by atoms with Gasteiger partial charge in [-0.25, -0.2) is 0 Å². The molecule has 1 heterocycles. The largest absolute Gasteiger partial charge is 0.309 e. The molecule has 0 unspecified atom stereocenters. The Morgan fingerprint density at radius 3 is 1.50 bits per heavy atom. The average Bonchev–Trinajstić information content (AvgIpc) is 3.63. The Bertz CT molecular complexity index is 2940. The molecule has 10 aromatic rings. The predicted octanol–water partition coefficient (Wildman–Crippen LogP) is 14.9. The Labute approximate surface area is 327 Å². The topological polar surface area (TPSA) is 8.17 Å². The highest BCUT2D eigenvalue weighted by Gasteiger charge is 2.23. The van der Waals surface area contributed by atoms with E-state index in [0.717, 1.165) is 28.3 Å². The van der Waals surface area contributed by atoms with Gasteiger partial charge in [0.25, 0.3) is 0 Å². The molecule has 264 valence electrons. The molecule has 56 heavy (non-hydrogen) atoms. The summed E-state index contributed by atoms with van der Waals surface area (Å²) < 4.78 is 2.39. The minimum atomic E-state index is 1.09. The monoisotopic (exact) mass is 714 g/mol. The van der Waals surface area contributed by atoms with Crippen molar-refractivity contribution in [3.05, 3.63) is 231 Å². The Kier molecular flexibility index (Phi) is 8.55. The number of rotatable bonds is 8. The molecule has 0 aliphatic rings. The molecule has 0 spiro atoms. The molecule has 0 bridgehead atoms. The zero-order valence-electron chi connectivity index (χ0n) is 30.8. The van der Waals surface area contributed by atoms with Gasteiger partial charge in [0, 0.05) is 33.3 Å². The molecular weight excluding hydrogens is 677 g/mol. The molecule has 1 aromatic heterocycles. The molecule has 2 nitrogen and oxygen atoms in total. The first-order chi connectivity index (χ1) is 27.8. The molecule has 0 saturated heterocycles. The summed E-state index contributed by atoms with van der Waals surface area (Å²) in [4.78, 5) is 2.44. The van der Waals surface area contributed by atoms with E-state index in [1.54, 1.807) is 0 Å². The lowest BCUT2D eigenvalue weighted by Crippen LogP contribution is -2.12. The number of anilines is 3. The van der Waals surface area contributed by atoms with Crippen molar-refractivity contribution in [2.75, 3.05) is 4.90 Å². The van der Waals surface area contributed by atoms with Gasteiger partial charge in [-0.05, 0) is 88.0 Å². The van der Waals surface area contributed by atoms with Gasteiger partial charge in [-0.15, -0.1) is 0 Å². The number of hydrogen-bond donors (Lipinski definition) is 0. The maximum atomic E-state index is 2.44. The number of para-hydroxylation sites is 4. The summed E-state index contributed by atoms with van der Waals surface area (Å²) in [5.74, 6) is 0. The van der Waals surface area contributed by atoms with Crippen molar-refractivity contribution in [3.8, 4) is 50.2 Å². The van der Waals surface area contributed by atoms with E-state index in [-0.39, 0.29) is 0 Å². The first-order valence-corrected chi connectivity index (χ1v) is 19.2. The van der Waals surface area contributed by atoms with Crippen molar-refractivity contribution in [2.45, 2.75) is 0 Å². The molecule has 0 radical (unpaired) electrons. The van der Waals surface area contributed by atoms with E-state index in [9.17, 15) is 0 Å². The van der Waals surface area contributed by atoms with Gasteiger partial charge in [-0.1, -0.05) is 176 Å². The van der Waals surface area contributed by atoms with Crippen LogP contribution < -0.4 is 4.90 Å². The maximum Gasteiger partial charge on any atom is 0.0547 e. The van der Waals surface area contributed by atoms with E-state index in [2.05, 4.69) is 240 Å². The fourth-order valence-electron chi connectivity index (χ4n) is 8.25. The second-order valence-corrected chi connectivity index (χ2v) is 14.1. The van der Waals surface area contributed by atoms with Crippen LogP contribution in [-0.4, -0.2) is 4.57 Å². The zero-order chi connectivity index (χ0) is 37.3. The van der Waals surface area contributed by atoms with Crippen LogP contribution in [0.1, 0.15) is 0 Å². The number of hydrogen-bond acceptors (Lipinski definition) is 1. The Morgan fingerprint density at radius 2 is 0.786 bits per heavy atom. The van der Waals surface area contributed by atoms with Gasteiger partial charge >= 0.3 is 0 Å². The highest BCUT2D eigenvalue weighted by atomic mass is 15.1. The summed E-state index contributed by atoms with van der Waals surface area (Å²) in [6.07, 6.45) is 0. The quantitative estimate of drug-likeness (QED) is 0.152. The summed E-state index contributed by atoms with van der Waals surface area (Å²) in [6.45, 7) is 0. The Morgan fingerprint density at radius 1 is 0.304 bits per heavy atom. The number of nitrogens with zero attached hydrogens (tertiary/aromatic N) is 2. The highest BCUT2D eigenvalue weighted by molar-refractivity contribution is 6.17. The third-order valence-corrected chi connectivity index (χ3v) is 10.8. The van der Waals surface area contributed by atoms with Gasteiger partial charge in [0.15, 0.2) is 0 Å². The predicted molar refractivity (Wildman–Crippen MR) is 237 cm³/mol. The maximum absolute atomic E-state index is 2.44. The van der Waals surface area contributed by atoms with Gasteiger partial charge in [0.05, 0.1) is 22.4 Å². The number of fused-ring (bicyclic) bond motifs is 3. The average molecular weight is 715 g/mol. The van der Waals surface area contributed by atoms with Crippen LogP contribution in [0.25, 0.3) is 72.0 Å². The van der Waals surface area contributed by atoms with E-state index in [1.165, 1.54) is 60.8 Å². The molecule has 0 fully saturated rings. The zero-order valence-corrected chi connectivity index (χ0v) is 30.8. The van der Waals surface area contributed by atoms with Gasteiger partial charge in [-0.3, -0.25) is 0 Å². The van der Waals surface area contributed by atoms with Gasteiger partial charge in [0.1, 0.15) is 0 Å². The normalized spacial score (nSPS) is 11.2. The summed E-state index contributed by atoms with van der Waals surface area (Å²) in [6, 6.07) is 83.0. The van der Waals surface area contributed by atoms with Crippen LogP contribution in [0.5, 0.6) is 0 Å². The Hall–Kier alpha value is -7.42. The fraction of sp³-hybridized carbons (Fsp3) is 0. The SMILES string of the molecule is c1ccc(-c2cccc(-c3ccc(N(c4ccccc4-c4ccccc4)c4ccccc4-c4cccc5c4c4ccccc4n5-c4ccccc4)cc3)c2)cc1. The molecule has 0 amide bonds. The van der Waals surface area contributed by atoms with E-state index < -0.39 is 0 Å². The number of aromatic nitrogens is 1. The van der Waals surface area contributed by atoms with Crippen LogP contribution in [-0.2, 0) is 0 Å². The van der Waals surface area contributed by atoms with E-state index in [4.69, 9.17) is 0 Å². The molecule has 2 heteroatoms. The minimum Gasteiger partial charge on any atom is -0.309 e.